The van der Waals surface area contributed by atoms with Gasteiger partial charge in [-0.05, 0) is 36.2 Å². The van der Waals surface area contributed by atoms with Crippen LogP contribution in [0.3, 0.4) is 0 Å². The van der Waals surface area contributed by atoms with E-state index < -0.39 is 0 Å². The van der Waals surface area contributed by atoms with Crippen LogP contribution in [0.4, 0.5) is 10.5 Å². The van der Waals surface area contributed by atoms with Crippen LogP contribution in [-0.4, -0.2) is 55.1 Å². The molecule has 3 aromatic carbocycles. The van der Waals surface area contributed by atoms with Crippen LogP contribution in [-0.2, 0) is 0 Å². The number of nitrogens with zero attached hydrogens (tertiary/aromatic N) is 2. The molecule has 0 bridgehead atoms. The van der Waals surface area contributed by atoms with Gasteiger partial charge in [0.25, 0.3) is 0 Å². The van der Waals surface area contributed by atoms with Gasteiger partial charge in [-0.3, -0.25) is 4.90 Å². The van der Waals surface area contributed by atoms with Crippen LogP contribution in [0.2, 0.25) is 0 Å². The van der Waals surface area contributed by atoms with Crippen LogP contribution in [0.1, 0.15) is 23.6 Å². The van der Waals surface area contributed by atoms with E-state index in [-0.39, 0.29) is 6.03 Å². The number of piperazine rings is 1. The third-order valence-electron chi connectivity index (χ3n) is 5.97. The van der Waals surface area contributed by atoms with Gasteiger partial charge < -0.3 is 15.5 Å². The number of nitrogens with one attached hydrogen (secondary N) is 2. The first-order valence-electron chi connectivity index (χ1n) is 11.5. The Hall–Kier alpha value is -3.15. The zero-order chi connectivity index (χ0) is 22.0. The van der Waals surface area contributed by atoms with Crippen LogP contribution >= 0.6 is 0 Å². The van der Waals surface area contributed by atoms with Gasteiger partial charge in [-0.2, -0.15) is 0 Å². The quantitative estimate of drug-likeness (QED) is 0.515. The van der Waals surface area contributed by atoms with Gasteiger partial charge in [-0.15, -0.1) is 0 Å². The average molecular weight is 429 g/mol. The lowest BCUT2D eigenvalue weighted by atomic mass is 9.96. The fraction of sp³-hybridized carbons (Fsp3) is 0.296. The number of hydrogen-bond donors (Lipinski definition) is 2. The largest absolute Gasteiger partial charge is 0.338 e. The number of hydrogen-bond acceptors (Lipinski definition) is 3. The predicted molar refractivity (Wildman–Crippen MR) is 131 cm³/mol. The summed E-state index contributed by atoms with van der Waals surface area (Å²) in [6.07, 6.45) is 0.947. The SMILES string of the molecule is O=C(NCCCN1CCN(C(c2ccccc2)c2ccccc2)CC1)Nc1ccccc1. The Morgan fingerprint density at radius 3 is 1.84 bits per heavy atom. The molecule has 0 spiro atoms. The molecule has 32 heavy (non-hydrogen) atoms. The zero-order valence-electron chi connectivity index (χ0n) is 18.5. The van der Waals surface area contributed by atoms with Crippen LogP contribution in [0.15, 0.2) is 91.0 Å². The number of carbonyl (C=O) groups excluding carboxylic acids is 1. The smallest absolute Gasteiger partial charge is 0.319 e. The molecule has 2 amide bonds. The van der Waals surface area contributed by atoms with Crippen molar-refractivity contribution >= 4 is 11.7 Å². The minimum atomic E-state index is -0.144. The Kier molecular flexibility index (Phi) is 7.90. The summed E-state index contributed by atoms with van der Waals surface area (Å²) in [7, 11) is 0. The summed E-state index contributed by atoms with van der Waals surface area (Å²) in [6, 6.07) is 31.3. The maximum Gasteiger partial charge on any atom is 0.319 e. The second-order valence-corrected chi connectivity index (χ2v) is 8.20. The summed E-state index contributed by atoms with van der Waals surface area (Å²) in [5.74, 6) is 0. The molecule has 1 heterocycles. The molecule has 4 rings (SSSR count). The van der Waals surface area contributed by atoms with Gasteiger partial charge in [-0.1, -0.05) is 78.9 Å². The van der Waals surface area contributed by atoms with E-state index in [4.69, 9.17) is 0 Å². The number of para-hydroxylation sites is 1. The topological polar surface area (TPSA) is 47.6 Å². The summed E-state index contributed by atoms with van der Waals surface area (Å²) in [5, 5.41) is 5.81. The lowest BCUT2D eigenvalue weighted by Crippen LogP contribution is -2.48. The molecule has 1 fully saturated rings. The van der Waals surface area contributed by atoms with E-state index in [9.17, 15) is 4.79 Å². The highest BCUT2D eigenvalue weighted by Crippen LogP contribution is 2.29. The molecule has 1 saturated heterocycles. The summed E-state index contributed by atoms with van der Waals surface area (Å²) >= 11 is 0. The van der Waals surface area contributed by atoms with E-state index in [2.05, 4.69) is 81.1 Å². The van der Waals surface area contributed by atoms with Crippen molar-refractivity contribution in [2.24, 2.45) is 0 Å². The monoisotopic (exact) mass is 428 g/mol. The van der Waals surface area contributed by atoms with E-state index in [1.807, 2.05) is 30.3 Å². The number of anilines is 1. The lowest BCUT2D eigenvalue weighted by Gasteiger charge is -2.39. The summed E-state index contributed by atoms with van der Waals surface area (Å²) in [5.41, 5.74) is 3.51. The fourth-order valence-electron chi connectivity index (χ4n) is 4.33. The van der Waals surface area contributed by atoms with E-state index in [0.717, 1.165) is 44.8 Å². The Morgan fingerprint density at radius 2 is 1.28 bits per heavy atom. The van der Waals surface area contributed by atoms with E-state index >= 15 is 0 Å². The van der Waals surface area contributed by atoms with Gasteiger partial charge >= 0.3 is 6.03 Å². The van der Waals surface area contributed by atoms with Crippen molar-refractivity contribution < 1.29 is 4.79 Å². The minimum absolute atomic E-state index is 0.144. The lowest BCUT2D eigenvalue weighted by molar-refractivity contribution is 0.109. The van der Waals surface area contributed by atoms with Crippen LogP contribution in [0.5, 0.6) is 0 Å². The fourth-order valence-corrected chi connectivity index (χ4v) is 4.33. The highest BCUT2D eigenvalue weighted by molar-refractivity contribution is 5.89. The van der Waals surface area contributed by atoms with Crippen LogP contribution < -0.4 is 10.6 Å². The van der Waals surface area contributed by atoms with Gasteiger partial charge in [0, 0.05) is 38.4 Å². The second-order valence-electron chi connectivity index (χ2n) is 8.20. The molecule has 0 radical (unpaired) electrons. The number of rotatable bonds is 8. The highest BCUT2D eigenvalue weighted by atomic mass is 16.2. The molecule has 0 saturated carbocycles. The Balaban J connectivity index is 1.23. The summed E-state index contributed by atoms with van der Waals surface area (Å²) in [4.78, 5) is 17.1. The molecular weight excluding hydrogens is 396 g/mol. The molecule has 5 nitrogen and oxygen atoms in total. The average Bonchev–Trinajstić information content (AvgIpc) is 2.85. The molecule has 5 heteroatoms. The summed E-state index contributed by atoms with van der Waals surface area (Å²) in [6.45, 7) is 5.85. The van der Waals surface area contributed by atoms with Gasteiger partial charge in [0.1, 0.15) is 0 Å². The Bertz CT molecular complexity index is 902. The molecule has 3 aromatic rings. The van der Waals surface area contributed by atoms with Crippen molar-refractivity contribution in [2.75, 3.05) is 44.6 Å². The summed E-state index contributed by atoms with van der Waals surface area (Å²) < 4.78 is 0. The van der Waals surface area contributed by atoms with Crippen molar-refractivity contribution in [3.05, 3.63) is 102 Å². The van der Waals surface area contributed by atoms with Crippen molar-refractivity contribution in [1.29, 1.82) is 0 Å². The molecule has 2 N–H and O–H groups in total. The van der Waals surface area contributed by atoms with Crippen LogP contribution in [0.25, 0.3) is 0 Å². The number of carbonyl (C=O) groups is 1. The van der Waals surface area contributed by atoms with E-state index in [1.165, 1.54) is 11.1 Å². The molecule has 0 unspecified atom stereocenters. The normalized spacial score (nSPS) is 14.9. The van der Waals surface area contributed by atoms with Gasteiger partial charge in [0.2, 0.25) is 0 Å². The molecule has 0 aromatic heterocycles. The van der Waals surface area contributed by atoms with E-state index in [0.29, 0.717) is 12.6 Å². The van der Waals surface area contributed by atoms with Crippen molar-refractivity contribution in [2.45, 2.75) is 12.5 Å². The third kappa shape index (κ3) is 6.19. The first kappa shape index (κ1) is 22.1. The van der Waals surface area contributed by atoms with Crippen molar-refractivity contribution in [1.82, 2.24) is 15.1 Å². The number of urea groups is 1. The standard InChI is InChI=1S/C27H32N4O/c32-27(29-25-15-8-3-9-16-25)28-17-10-18-30-19-21-31(22-20-30)26(23-11-4-1-5-12-23)24-13-6-2-7-14-24/h1-9,11-16,26H,10,17-22H2,(H2,28,29,32). The first-order valence-corrected chi connectivity index (χ1v) is 11.5. The van der Waals surface area contributed by atoms with Gasteiger partial charge in [0.05, 0.1) is 6.04 Å². The predicted octanol–water partition coefficient (Wildman–Crippen LogP) is 4.61. The van der Waals surface area contributed by atoms with Crippen LogP contribution in [0, 0.1) is 0 Å². The minimum Gasteiger partial charge on any atom is -0.338 e. The van der Waals surface area contributed by atoms with E-state index in [1.54, 1.807) is 0 Å². The Morgan fingerprint density at radius 1 is 0.750 bits per heavy atom. The number of benzene rings is 3. The Labute approximate surface area is 191 Å². The molecule has 1 aliphatic rings. The zero-order valence-corrected chi connectivity index (χ0v) is 18.5. The number of amides is 2. The molecule has 0 aliphatic carbocycles. The van der Waals surface area contributed by atoms with Gasteiger partial charge in [0.15, 0.2) is 0 Å². The molecule has 166 valence electrons. The molecular formula is C27H32N4O. The first-order chi connectivity index (χ1) is 15.8. The maximum absolute atomic E-state index is 12.0. The maximum atomic E-state index is 12.0. The molecule has 0 atom stereocenters. The highest BCUT2D eigenvalue weighted by Gasteiger charge is 2.26. The second kappa shape index (κ2) is 11.5. The van der Waals surface area contributed by atoms with Gasteiger partial charge in [-0.25, -0.2) is 4.79 Å². The van der Waals surface area contributed by atoms with Crippen molar-refractivity contribution in [3.63, 3.8) is 0 Å². The van der Waals surface area contributed by atoms with Crippen molar-refractivity contribution in [3.8, 4) is 0 Å². The third-order valence-corrected chi connectivity index (χ3v) is 5.97. The molecule has 1 aliphatic heterocycles.